The zero-order valence-corrected chi connectivity index (χ0v) is 13.2. The van der Waals surface area contributed by atoms with Crippen molar-refractivity contribution in [3.63, 3.8) is 0 Å². The molecule has 8 heteroatoms. The summed E-state index contributed by atoms with van der Waals surface area (Å²) < 4.78 is 15.4. The summed E-state index contributed by atoms with van der Waals surface area (Å²) in [7, 11) is 0. The SMILES string of the molecule is O=CCOCCOCCOCCO[NH+]1C(=O)c2ccccc2C1=O. The summed E-state index contributed by atoms with van der Waals surface area (Å²) in [4.78, 5) is 39.4. The molecule has 8 nitrogen and oxygen atoms in total. The minimum atomic E-state index is -0.380. The van der Waals surface area contributed by atoms with E-state index < -0.39 is 0 Å². The third kappa shape index (κ3) is 5.02. The Morgan fingerprint density at radius 3 is 1.83 bits per heavy atom. The van der Waals surface area contributed by atoms with E-state index >= 15 is 0 Å². The van der Waals surface area contributed by atoms with Crippen LogP contribution >= 0.6 is 0 Å². The fourth-order valence-electron chi connectivity index (χ4n) is 2.13. The number of benzene rings is 1. The Labute approximate surface area is 139 Å². The van der Waals surface area contributed by atoms with E-state index in [0.717, 1.165) is 0 Å². The zero-order chi connectivity index (χ0) is 17.2. The van der Waals surface area contributed by atoms with Crippen LogP contribution in [0.4, 0.5) is 0 Å². The molecule has 1 aromatic rings. The van der Waals surface area contributed by atoms with Crippen LogP contribution in [0.3, 0.4) is 0 Å². The van der Waals surface area contributed by atoms with Crippen LogP contribution in [0.1, 0.15) is 20.7 Å². The summed E-state index contributed by atoms with van der Waals surface area (Å²) in [6.07, 6.45) is 0.680. The third-order valence-corrected chi connectivity index (χ3v) is 3.23. The number of rotatable bonds is 12. The Bertz CT molecular complexity index is 540. The molecule has 0 fully saturated rings. The lowest BCUT2D eigenvalue weighted by Gasteiger charge is -2.08. The highest BCUT2D eigenvalue weighted by Gasteiger charge is 2.43. The number of hydrogen-bond acceptors (Lipinski definition) is 7. The lowest BCUT2D eigenvalue weighted by atomic mass is 10.1. The smallest absolute Gasteiger partial charge is 0.377 e. The van der Waals surface area contributed by atoms with Crippen LogP contribution in [0.25, 0.3) is 0 Å². The molecule has 0 atom stereocenters. The van der Waals surface area contributed by atoms with Gasteiger partial charge in [0.05, 0.1) is 44.2 Å². The van der Waals surface area contributed by atoms with Crippen molar-refractivity contribution >= 4 is 18.1 Å². The molecule has 1 aromatic carbocycles. The van der Waals surface area contributed by atoms with Crippen LogP contribution in [-0.4, -0.2) is 64.3 Å². The number of carbonyl (C=O) groups excluding carboxylic acids is 3. The van der Waals surface area contributed by atoms with Crippen molar-refractivity contribution in [3.05, 3.63) is 35.4 Å². The number of imide groups is 1. The van der Waals surface area contributed by atoms with Gasteiger partial charge in [-0.2, -0.15) is 4.84 Å². The largest absolute Gasteiger partial charge is 0.385 e. The predicted molar refractivity (Wildman–Crippen MR) is 80.5 cm³/mol. The molecule has 0 saturated carbocycles. The monoisotopic (exact) mass is 338 g/mol. The summed E-state index contributed by atoms with van der Waals surface area (Å²) >= 11 is 0. The minimum Gasteiger partial charge on any atom is -0.377 e. The first-order chi connectivity index (χ1) is 11.8. The van der Waals surface area contributed by atoms with Crippen molar-refractivity contribution in [3.8, 4) is 0 Å². The zero-order valence-electron chi connectivity index (χ0n) is 13.2. The van der Waals surface area contributed by atoms with E-state index in [1.54, 1.807) is 24.3 Å². The topological polar surface area (TPSA) is 92.6 Å². The first-order valence-corrected chi connectivity index (χ1v) is 7.60. The Kier molecular flexibility index (Phi) is 7.66. The number of carbonyl (C=O) groups is 3. The highest BCUT2D eigenvalue weighted by molar-refractivity contribution is 6.10. The van der Waals surface area contributed by atoms with Crippen LogP contribution in [0.2, 0.25) is 0 Å². The Balaban J connectivity index is 1.54. The minimum absolute atomic E-state index is 0.0668. The van der Waals surface area contributed by atoms with E-state index in [4.69, 9.17) is 19.0 Å². The summed E-state index contributed by atoms with van der Waals surface area (Å²) in [5.74, 6) is -0.761. The van der Waals surface area contributed by atoms with Gasteiger partial charge in [-0.1, -0.05) is 17.2 Å². The number of amides is 2. The summed E-state index contributed by atoms with van der Waals surface area (Å²) in [5.41, 5.74) is 0.757. The highest BCUT2D eigenvalue weighted by Crippen LogP contribution is 2.11. The lowest BCUT2D eigenvalue weighted by Crippen LogP contribution is -3.14. The number of hydroxylamine groups is 2. The molecule has 1 aliphatic heterocycles. The van der Waals surface area contributed by atoms with Crippen molar-refractivity contribution in [1.29, 1.82) is 0 Å². The van der Waals surface area contributed by atoms with Gasteiger partial charge in [0.1, 0.15) is 19.5 Å². The Morgan fingerprint density at radius 2 is 1.29 bits per heavy atom. The van der Waals surface area contributed by atoms with Gasteiger partial charge < -0.3 is 19.0 Å². The van der Waals surface area contributed by atoms with E-state index in [2.05, 4.69) is 0 Å². The maximum atomic E-state index is 12.0. The lowest BCUT2D eigenvalue weighted by molar-refractivity contribution is -0.949. The molecule has 0 aliphatic carbocycles. The van der Waals surface area contributed by atoms with Gasteiger partial charge in [0.15, 0.2) is 0 Å². The number of quaternary nitrogens is 1. The molecule has 1 N–H and O–H groups in total. The first-order valence-electron chi connectivity index (χ1n) is 7.60. The van der Waals surface area contributed by atoms with Crippen LogP contribution in [0.15, 0.2) is 24.3 Å². The second kappa shape index (κ2) is 10.0. The number of hydrogen-bond donors (Lipinski definition) is 1. The quantitative estimate of drug-likeness (QED) is 0.298. The third-order valence-electron chi connectivity index (χ3n) is 3.23. The predicted octanol–water partition coefficient (Wildman–Crippen LogP) is -0.954. The molecule has 1 aliphatic rings. The maximum Gasteiger partial charge on any atom is 0.385 e. The fourth-order valence-corrected chi connectivity index (χ4v) is 2.13. The molecule has 2 rings (SSSR count). The molecule has 0 saturated heterocycles. The van der Waals surface area contributed by atoms with Gasteiger partial charge in [0, 0.05) is 0 Å². The second-order valence-electron chi connectivity index (χ2n) is 4.85. The summed E-state index contributed by atoms with van der Waals surface area (Å²) in [6, 6.07) is 6.64. The number of fused-ring (bicyclic) bond motifs is 1. The highest BCUT2D eigenvalue weighted by atomic mass is 16.7. The number of nitrogens with one attached hydrogen (secondary N) is 1. The van der Waals surface area contributed by atoms with Gasteiger partial charge in [-0.25, -0.2) is 9.59 Å². The molecule has 2 amide bonds. The van der Waals surface area contributed by atoms with E-state index in [9.17, 15) is 14.4 Å². The van der Waals surface area contributed by atoms with E-state index in [-0.39, 0.29) is 36.7 Å². The van der Waals surface area contributed by atoms with E-state index in [1.165, 1.54) is 0 Å². The molecular weight excluding hydrogens is 318 g/mol. The molecule has 1 heterocycles. The molecule has 0 aromatic heterocycles. The molecule has 130 valence electrons. The Hall–Kier alpha value is -1.97. The second-order valence-corrected chi connectivity index (χ2v) is 4.85. The van der Waals surface area contributed by atoms with E-state index in [0.29, 0.717) is 43.8 Å². The average molecular weight is 338 g/mol. The van der Waals surface area contributed by atoms with E-state index in [1.807, 2.05) is 0 Å². The van der Waals surface area contributed by atoms with Gasteiger partial charge in [-0.3, -0.25) is 0 Å². The van der Waals surface area contributed by atoms with Crippen molar-refractivity contribution in [2.45, 2.75) is 0 Å². The average Bonchev–Trinajstić information content (AvgIpc) is 2.84. The van der Waals surface area contributed by atoms with Gasteiger partial charge in [0.25, 0.3) is 0 Å². The van der Waals surface area contributed by atoms with Crippen molar-refractivity contribution < 1.29 is 38.5 Å². The maximum absolute atomic E-state index is 12.0. The van der Waals surface area contributed by atoms with Crippen LogP contribution in [0.5, 0.6) is 0 Å². The van der Waals surface area contributed by atoms with Crippen molar-refractivity contribution in [2.24, 2.45) is 0 Å². The van der Waals surface area contributed by atoms with Crippen LogP contribution in [-0.2, 0) is 23.8 Å². The van der Waals surface area contributed by atoms with Gasteiger partial charge in [-0.05, 0) is 12.1 Å². The normalized spacial score (nSPS) is 14.2. The number of aldehydes is 1. The van der Waals surface area contributed by atoms with Gasteiger partial charge >= 0.3 is 11.8 Å². The van der Waals surface area contributed by atoms with Gasteiger partial charge in [-0.15, -0.1) is 0 Å². The molecular formula is C16H20NO7+. The van der Waals surface area contributed by atoms with Crippen LogP contribution < -0.4 is 5.06 Å². The van der Waals surface area contributed by atoms with Gasteiger partial charge in [0.2, 0.25) is 0 Å². The van der Waals surface area contributed by atoms with Crippen molar-refractivity contribution in [2.75, 3.05) is 46.2 Å². The molecule has 24 heavy (non-hydrogen) atoms. The molecule has 0 unspecified atom stereocenters. The fraction of sp³-hybridized carbons (Fsp3) is 0.438. The molecule has 0 bridgehead atoms. The number of ether oxygens (including phenoxy) is 3. The standard InChI is InChI=1S/C16H19NO7/c18-5-6-21-7-8-22-9-10-23-11-12-24-17-15(19)13-3-1-2-4-14(13)16(17)20/h1-5H,6-12H2/p+1. The van der Waals surface area contributed by atoms with Crippen molar-refractivity contribution in [1.82, 2.24) is 0 Å². The molecule has 0 spiro atoms. The summed E-state index contributed by atoms with van der Waals surface area (Å²) in [6.45, 7) is 1.89. The first kappa shape index (κ1) is 18.4. The molecule has 0 radical (unpaired) electrons. The summed E-state index contributed by atoms with van der Waals surface area (Å²) in [5, 5.41) is -0.150. The Morgan fingerprint density at radius 1 is 0.792 bits per heavy atom. The van der Waals surface area contributed by atoms with Crippen LogP contribution in [0, 0.1) is 0 Å².